The van der Waals surface area contributed by atoms with Crippen LogP contribution < -0.4 is 5.32 Å². The lowest BCUT2D eigenvalue weighted by Crippen LogP contribution is -2.17. The van der Waals surface area contributed by atoms with Crippen LogP contribution in [0.4, 0.5) is 0 Å². The zero-order valence-electron chi connectivity index (χ0n) is 12.5. The van der Waals surface area contributed by atoms with E-state index in [-0.39, 0.29) is 0 Å². The number of nitrogens with one attached hydrogen (secondary N) is 2. The molecule has 0 amide bonds. The highest BCUT2D eigenvalue weighted by Crippen LogP contribution is 2.14. The summed E-state index contributed by atoms with van der Waals surface area (Å²) >= 11 is 0. The van der Waals surface area contributed by atoms with Crippen LogP contribution in [0.15, 0.2) is 36.9 Å². The van der Waals surface area contributed by atoms with Gasteiger partial charge < -0.3 is 5.32 Å². The molecule has 21 heavy (non-hydrogen) atoms. The van der Waals surface area contributed by atoms with Crippen LogP contribution in [-0.2, 0) is 6.54 Å². The smallest absolute Gasteiger partial charge is 0.179 e. The average molecular weight is 285 g/mol. The van der Waals surface area contributed by atoms with E-state index in [4.69, 9.17) is 0 Å². The molecule has 1 aromatic heterocycles. The zero-order chi connectivity index (χ0) is 14.9. The van der Waals surface area contributed by atoms with Gasteiger partial charge in [0.05, 0.1) is 0 Å². The molecule has 1 aromatic carbocycles. The molecule has 0 aliphatic carbocycles. The second-order valence-electron chi connectivity index (χ2n) is 5.21. The molecule has 2 aromatic rings. The lowest BCUT2D eigenvalue weighted by atomic mass is 9.98. The SMILES string of the molecule is C=CCC(CC)CCNCc1ccc(-c2nnn[nH]2)cc1. The third-order valence-electron chi connectivity index (χ3n) is 3.71. The molecule has 0 fully saturated rings. The maximum absolute atomic E-state index is 3.90. The van der Waals surface area contributed by atoms with Crippen LogP contribution >= 0.6 is 0 Å². The number of hydrogen-bond donors (Lipinski definition) is 2. The molecule has 0 aliphatic heterocycles. The van der Waals surface area contributed by atoms with E-state index in [1.165, 1.54) is 18.4 Å². The maximum Gasteiger partial charge on any atom is 0.179 e. The summed E-state index contributed by atoms with van der Waals surface area (Å²) in [6.07, 6.45) is 5.54. The van der Waals surface area contributed by atoms with Crippen LogP contribution in [0, 0.1) is 5.92 Å². The first kappa shape index (κ1) is 15.4. The Morgan fingerprint density at radius 1 is 1.33 bits per heavy atom. The van der Waals surface area contributed by atoms with E-state index >= 15 is 0 Å². The van der Waals surface area contributed by atoms with Crippen LogP contribution in [-0.4, -0.2) is 27.2 Å². The van der Waals surface area contributed by atoms with Crippen molar-refractivity contribution in [3.8, 4) is 11.4 Å². The molecule has 0 aliphatic rings. The van der Waals surface area contributed by atoms with Crippen molar-refractivity contribution in [3.63, 3.8) is 0 Å². The number of H-pyrrole nitrogens is 1. The van der Waals surface area contributed by atoms with Gasteiger partial charge in [0.25, 0.3) is 0 Å². The van der Waals surface area contributed by atoms with E-state index in [2.05, 4.69) is 51.6 Å². The molecule has 0 spiro atoms. The van der Waals surface area contributed by atoms with E-state index in [1.807, 2.05) is 18.2 Å². The molecule has 5 nitrogen and oxygen atoms in total. The summed E-state index contributed by atoms with van der Waals surface area (Å²) in [6.45, 7) is 7.99. The van der Waals surface area contributed by atoms with Crippen molar-refractivity contribution in [3.05, 3.63) is 42.5 Å². The number of aromatic nitrogens is 4. The fourth-order valence-electron chi connectivity index (χ4n) is 2.33. The summed E-state index contributed by atoms with van der Waals surface area (Å²) in [7, 11) is 0. The summed E-state index contributed by atoms with van der Waals surface area (Å²) in [5, 5.41) is 17.3. The minimum absolute atomic E-state index is 0.699. The molecule has 0 saturated heterocycles. The second-order valence-corrected chi connectivity index (χ2v) is 5.21. The maximum atomic E-state index is 3.90. The van der Waals surface area contributed by atoms with Crippen molar-refractivity contribution in [2.75, 3.05) is 6.54 Å². The molecule has 2 rings (SSSR count). The minimum atomic E-state index is 0.699. The van der Waals surface area contributed by atoms with Gasteiger partial charge in [-0.15, -0.1) is 11.7 Å². The van der Waals surface area contributed by atoms with Crippen molar-refractivity contribution in [2.45, 2.75) is 32.7 Å². The summed E-state index contributed by atoms with van der Waals surface area (Å²) in [6, 6.07) is 8.27. The molecule has 0 radical (unpaired) electrons. The molecular weight excluding hydrogens is 262 g/mol. The molecule has 1 unspecified atom stereocenters. The fourth-order valence-corrected chi connectivity index (χ4v) is 2.33. The van der Waals surface area contributed by atoms with Crippen molar-refractivity contribution >= 4 is 0 Å². The third kappa shape index (κ3) is 4.79. The lowest BCUT2D eigenvalue weighted by Gasteiger charge is -2.13. The number of tetrazole rings is 1. The van der Waals surface area contributed by atoms with Crippen LogP contribution in [0.3, 0.4) is 0 Å². The number of aromatic amines is 1. The summed E-state index contributed by atoms with van der Waals surface area (Å²) in [5.41, 5.74) is 2.27. The quantitative estimate of drug-likeness (QED) is 0.549. The predicted molar refractivity (Wildman–Crippen MR) is 84.5 cm³/mol. The first-order valence-corrected chi connectivity index (χ1v) is 7.48. The van der Waals surface area contributed by atoms with Gasteiger partial charge in [-0.3, -0.25) is 0 Å². The molecule has 1 atom stereocenters. The van der Waals surface area contributed by atoms with Gasteiger partial charge in [-0.1, -0.05) is 43.7 Å². The third-order valence-corrected chi connectivity index (χ3v) is 3.71. The Kier molecular flexibility index (Phi) is 6.09. The molecule has 1 heterocycles. The zero-order valence-corrected chi connectivity index (χ0v) is 12.5. The van der Waals surface area contributed by atoms with Crippen LogP contribution in [0.2, 0.25) is 0 Å². The number of allylic oxidation sites excluding steroid dienone is 1. The van der Waals surface area contributed by atoms with Gasteiger partial charge in [-0.25, -0.2) is 5.10 Å². The van der Waals surface area contributed by atoms with Crippen LogP contribution in [0.1, 0.15) is 31.7 Å². The Hall–Kier alpha value is -2.01. The van der Waals surface area contributed by atoms with E-state index in [1.54, 1.807) is 0 Å². The van der Waals surface area contributed by atoms with E-state index in [9.17, 15) is 0 Å². The van der Waals surface area contributed by atoms with Crippen molar-refractivity contribution < 1.29 is 0 Å². The molecule has 2 N–H and O–H groups in total. The number of hydrogen-bond acceptors (Lipinski definition) is 4. The fraction of sp³-hybridized carbons (Fsp3) is 0.438. The Morgan fingerprint density at radius 3 is 2.76 bits per heavy atom. The Balaban J connectivity index is 1.75. The van der Waals surface area contributed by atoms with Crippen LogP contribution in [0.5, 0.6) is 0 Å². The highest BCUT2D eigenvalue weighted by Gasteiger charge is 2.04. The lowest BCUT2D eigenvalue weighted by molar-refractivity contribution is 0.456. The van der Waals surface area contributed by atoms with Gasteiger partial charge in [0.2, 0.25) is 0 Å². The van der Waals surface area contributed by atoms with Crippen molar-refractivity contribution in [1.82, 2.24) is 25.9 Å². The first-order chi connectivity index (χ1) is 10.3. The summed E-state index contributed by atoms with van der Waals surface area (Å²) < 4.78 is 0. The molecular formula is C16H23N5. The Morgan fingerprint density at radius 2 is 2.14 bits per heavy atom. The van der Waals surface area contributed by atoms with Gasteiger partial charge in [-0.05, 0) is 41.3 Å². The predicted octanol–water partition coefficient (Wildman–Crippen LogP) is 2.95. The Labute approximate surface area is 125 Å². The van der Waals surface area contributed by atoms with E-state index < -0.39 is 0 Å². The average Bonchev–Trinajstić information content (AvgIpc) is 3.05. The molecule has 0 saturated carbocycles. The normalized spacial score (nSPS) is 12.2. The van der Waals surface area contributed by atoms with E-state index in [0.717, 1.165) is 31.0 Å². The standard InChI is InChI=1S/C16H23N5/c1-3-5-13(4-2)10-11-17-12-14-6-8-15(9-7-14)16-18-20-21-19-16/h3,6-9,13,17H,1,4-5,10-12H2,2H3,(H,18,19,20,21). The molecule has 0 bridgehead atoms. The van der Waals surface area contributed by atoms with Crippen LogP contribution in [0.25, 0.3) is 11.4 Å². The highest BCUT2D eigenvalue weighted by molar-refractivity contribution is 5.54. The van der Waals surface area contributed by atoms with E-state index in [0.29, 0.717) is 5.82 Å². The Bertz CT molecular complexity index is 518. The number of benzene rings is 1. The second kappa shape index (κ2) is 8.32. The molecule has 5 heteroatoms. The van der Waals surface area contributed by atoms with Gasteiger partial charge in [-0.2, -0.15) is 0 Å². The minimum Gasteiger partial charge on any atom is -0.313 e. The van der Waals surface area contributed by atoms with Crippen molar-refractivity contribution in [2.24, 2.45) is 5.92 Å². The molecule has 112 valence electrons. The monoisotopic (exact) mass is 285 g/mol. The van der Waals surface area contributed by atoms with Gasteiger partial charge >= 0.3 is 0 Å². The number of nitrogens with zero attached hydrogens (tertiary/aromatic N) is 3. The largest absolute Gasteiger partial charge is 0.313 e. The van der Waals surface area contributed by atoms with Gasteiger partial charge in [0.1, 0.15) is 0 Å². The summed E-state index contributed by atoms with van der Waals surface area (Å²) in [4.78, 5) is 0. The summed E-state index contributed by atoms with van der Waals surface area (Å²) in [5.74, 6) is 1.45. The number of rotatable bonds is 9. The topological polar surface area (TPSA) is 66.5 Å². The highest BCUT2D eigenvalue weighted by atomic mass is 15.5. The van der Waals surface area contributed by atoms with Crippen molar-refractivity contribution in [1.29, 1.82) is 0 Å². The first-order valence-electron chi connectivity index (χ1n) is 7.48. The van der Waals surface area contributed by atoms with Gasteiger partial charge in [0.15, 0.2) is 5.82 Å². The van der Waals surface area contributed by atoms with Gasteiger partial charge in [0, 0.05) is 12.1 Å².